The predicted molar refractivity (Wildman–Crippen MR) is 114 cm³/mol. The zero-order chi connectivity index (χ0) is 22.1. The first-order chi connectivity index (χ1) is 15.6. The number of oxime groups is 1. The Kier molecular flexibility index (Phi) is 5.47. The van der Waals surface area contributed by atoms with Crippen LogP contribution in [0.25, 0.3) is 0 Å². The molecule has 2 atom stereocenters. The number of carbonyl (C=O) groups is 2. The van der Waals surface area contributed by atoms with Crippen molar-refractivity contribution in [3.8, 4) is 0 Å². The highest BCUT2D eigenvalue weighted by atomic mass is 32.1. The van der Waals surface area contributed by atoms with Gasteiger partial charge in [0.2, 0.25) is 16.5 Å². The lowest BCUT2D eigenvalue weighted by Crippen LogP contribution is -2.72. The number of Topliss-reactive ketones (excluding diaryl/α,β-unsaturated/α-hetero) is 1. The molecule has 0 spiro atoms. The second-order valence-corrected chi connectivity index (χ2v) is 8.63. The van der Waals surface area contributed by atoms with Gasteiger partial charge in [-0.05, 0) is 31.4 Å². The van der Waals surface area contributed by atoms with Crippen molar-refractivity contribution >= 4 is 40.1 Å². The van der Waals surface area contributed by atoms with Crippen LogP contribution in [0, 0.1) is 0 Å². The van der Waals surface area contributed by atoms with Crippen LogP contribution in [-0.2, 0) is 14.4 Å². The number of aromatic nitrogens is 3. The molecule has 2 aromatic heterocycles. The minimum atomic E-state index is -1.87. The number of rotatable bonds is 6. The van der Waals surface area contributed by atoms with E-state index < -0.39 is 17.3 Å². The highest BCUT2D eigenvalue weighted by Crippen LogP contribution is 2.40. The summed E-state index contributed by atoms with van der Waals surface area (Å²) < 4.78 is 9.66. The van der Waals surface area contributed by atoms with Gasteiger partial charge in [0, 0.05) is 37.3 Å². The fraction of sp³-hybridized carbons (Fsp3) is 0.500. The molecule has 5 heterocycles. The Morgan fingerprint density at radius 1 is 1.41 bits per heavy atom. The van der Waals surface area contributed by atoms with Crippen LogP contribution in [0.5, 0.6) is 0 Å². The maximum atomic E-state index is 13.6. The quantitative estimate of drug-likeness (QED) is 0.504. The summed E-state index contributed by atoms with van der Waals surface area (Å²) in [4.78, 5) is 43.4. The number of carboxylic acids is 1. The molecule has 0 aromatic carbocycles. The number of aliphatic carboxylic acids is 1. The van der Waals surface area contributed by atoms with E-state index in [-0.39, 0.29) is 18.2 Å². The average Bonchev–Trinajstić information content (AvgIpc) is 3.33. The number of hydrogen-bond donors (Lipinski definition) is 1. The monoisotopic (exact) mass is 458 g/mol. The van der Waals surface area contributed by atoms with Crippen LogP contribution < -0.4 is 4.90 Å². The number of carbonyl (C=O) groups excluding carboxylic acids is 1. The summed E-state index contributed by atoms with van der Waals surface area (Å²) in [5.41, 5.74) is -1.65. The second kappa shape index (κ2) is 8.43. The van der Waals surface area contributed by atoms with Gasteiger partial charge in [-0.2, -0.15) is 4.37 Å². The predicted octanol–water partition coefficient (Wildman–Crippen LogP) is 1.70. The van der Waals surface area contributed by atoms with Gasteiger partial charge in [0.1, 0.15) is 24.6 Å². The lowest BCUT2D eigenvalue weighted by atomic mass is 9.81. The summed E-state index contributed by atoms with van der Waals surface area (Å²) in [5, 5.41) is 15.0. The molecule has 0 bridgehead atoms. The van der Waals surface area contributed by atoms with E-state index in [1.54, 1.807) is 23.2 Å². The van der Waals surface area contributed by atoms with Gasteiger partial charge in [-0.25, -0.2) is 14.8 Å². The second-order valence-electron chi connectivity index (χ2n) is 7.87. The molecule has 11 nitrogen and oxygen atoms in total. The van der Waals surface area contributed by atoms with Crippen molar-refractivity contribution in [2.45, 2.75) is 37.3 Å². The number of carboxylic acid groups (broad SMARTS) is 1. The van der Waals surface area contributed by atoms with E-state index in [0.29, 0.717) is 43.0 Å². The summed E-state index contributed by atoms with van der Waals surface area (Å²) in [5.74, 6) is -0.983. The van der Waals surface area contributed by atoms with Gasteiger partial charge in [0.15, 0.2) is 0 Å². The van der Waals surface area contributed by atoms with E-state index >= 15 is 0 Å². The molecule has 3 aliphatic rings. The molecule has 1 unspecified atom stereocenters. The van der Waals surface area contributed by atoms with Gasteiger partial charge in [-0.1, -0.05) is 5.16 Å². The molecular formula is C20H22N6O5S. The number of nitrogens with zero attached hydrogens (tertiary/aromatic N) is 6. The number of amidine groups is 1. The van der Waals surface area contributed by atoms with Gasteiger partial charge >= 0.3 is 5.97 Å². The van der Waals surface area contributed by atoms with Gasteiger partial charge in [-0.3, -0.25) is 9.69 Å². The number of fused-ring (bicyclic) bond motifs is 1. The SMILES string of the molecule is O=C(O)C1(N2CCC2=NOC[C@@H]2CCCCO2)CN(c2ncns2)c2ncccc2C1=O. The van der Waals surface area contributed by atoms with Gasteiger partial charge in [0.25, 0.3) is 0 Å². The number of anilines is 2. The molecule has 1 N–H and O–H groups in total. The molecule has 0 saturated carbocycles. The molecule has 0 aliphatic carbocycles. The lowest BCUT2D eigenvalue weighted by Gasteiger charge is -2.49. The van der Waals surface area contributed by atoms with Gasteiger partial charge < -0.3 is 19.6 Å². The zero-order valence-electron chi connectivity index (χ0n) is 17.2. The number of likely N-dealkylation sites (tertiary alicyclic amines) is 1. The normalized spacial score (nSPS) is 26.6. The smallest absolute Gasteiger partial charge is 0.339 e. The van der Waals surface area contributed by atoms with Crippen molar-refractivity contribution in [2.75, 3.05) is 31.2 Å². The Balaban J connectivity index is 1.45. The van der Waals surface area contributed by atoms with Gasteiger partial charge in [0.05, 0.1) is 18.2 Å². The summed E-state index contributed by atoms with van der Waals surface area (Å²) in [6.07, 6.45) is 6.49. The molecule has 168 valence electrons. The van der Waals surface area contributed by atoms with Crippen LogP contribution >= 0.6 is 11.5 Å². The zero-order valence-corrected chi connectivity index (χ0v) is 18.0. The maximum Gasteiger partial charge on any atom is 0.339 e. The first-order valence-corrected chi connectivity index (χ1v) is 11.2. The number of ketones is 1. The Hall–Kier alpha value is -3.12. The molecule has 0 amide bonds. The fourth-order valence-electron chi connectivity index (χ4n) is 4.28. The molecule has 12 heteroatoms. The van der Waals surface area contributed by atoms with E-state index in [1.165, 1.54) is 11.2 Å². The Morgan fingerprint density at radius 3 is 3.00 bits per heavy atom. The Morgan fingerprint density at radius 2 is 2.31 bits per heavy atom. The van der Waals surface area contributed by atoms with Gasteiger partial charge in [-0.15, -0.1) is 0 Å². The third-order valence-corrected chi connectivity index (χ3v) is 6.71. The van der Waals surface area contributed by atoms with Crippen LogP contribution in [0.4, 0.5) is 10.9 Å². The molecular weight excluding hydrogens is 436 g/mol. The number of ether oxygens (including phenoxy) is 1. The Bertz CT molecular complexity index is 1040. The largest absolute Gasteiger partial charge is 0.479 e. The van der Waals surface area contributed by atoms with Crippen LogP contribution in [0.1, 0.15) is 36.0 Å². The molecule has 2 fully saturated rings. The minimum absolute atomic E-state index is 0.0165. The van der Waals surface area contributed by atoms with Crippen molar-refractivity contribution < 1.29 is 24.3 Å². The first-order valence-electron chi connectivity index (χ1n) is 10.5. The molecule has 2 aromatic rings. The Labute approximate surface area is 187 Å². The first kappa shape index (κ1) is 20.8. The molecule has 2 saturated heterocycles. The summed E-state index contributed by atoms with van der Waals surface area (Å²) >= 11 is 1.11. The van der Waals surface area contributed by atoms with Crippen LogP contribution in [0.3, 0.4) is 0 Å². The van der Waals surface area contributed by atoms with Crippen LogP contribution in [-0.4, -0.2) is 79.9 Å². The van der Waals surface area contributed by atoms with E-state index in [4.69, 9.17) is 9.57 Å². The van der Waals surface area contributed by atoms with E-state index in [9.17, 15) is 14.7 Å². The third kappa shape index (κ3) is 3.39. The maximum absolute atomic E-state index is 13.6. The van der Waals surface area contributed by atoms with E-state index in [2.05, 4.69) is 19.5 Å². The summed E-state index contributed by atoms with van der Waals surface area (Å²) in [6.45, 7) is 1.22. The van der Waals surface area contributed by atoms with Crippen molar-refractivity contribution in [3.63, 3.8) is 0 Å². The average molecular weight is 459 g/mol. The summed E-state index contributed by atoms with van der Waals surface area (Å²) in [7, 11) is 0. The molecule has 5 rings (SSSR count). The third-order valence-electron chi connectivity index (χ3n) is 6.02. The van der Waals surface area contributed by atoms with Crippen molar-refractivity contribution in [1.29, 1.82) is 0 Å². The number of hydrogen-bond acceptors (Lipinski definition) is 10. The lowest BCUT2D eigenvalue weighted by molar-refractivity contribution is -0.146. The highest BCUT2D eigenvalue weighted by Gasteiger charge is 2.60. The topological polar surface area (TPSA) is 130 Å². The minimum Gasteiger partial charge on any atom is -0.479 e. The van der Waals surface area contributed by atoms with Crippen molar-refractivity contribution in [2.24, 2.45) is 5.16 Å². The molecule has 0 radical (unpaired) electrons. The summed E-state index contributed by atoms with van der Waals surface area (Å²) in [6, 6.07) is 3.20. The van der Waals surface area contributed by atoms with E-state index in [0.717, 1.165) is 30.8 Å². The molecule has 3 aliphatic heterocycles. The molecule has 32 heavy (non-hydrogen) atoms. The highest BCUT2D eigenvalue weighted by molar-refractivity contribution is 7.09. The van der Waals surface area contributed by atoms with Crippen molar-refractivity contribution in [3.05, 3.63) is 30.2 Å². The fourth-order valence-corrected chi connectivity index (χ4v) is 4.82. The van der Waals surface area contributed by atoms with E-state index in [1.807, 2.05) is 0 Å². The standard InChI is InChI=1S/C20H22N6O5S/c27-16-14-5-3-7-21-17(14)25(19-22-12-23-32-19)11-20(16,18(28)29)26-8-6-15(26)24-31-10-13-4-1-2-9-30-13/h3,5,7,12-13H,1-2,4,6,8-11H2,(H,28,29)/t13-,20?/m0/s1. The van der Waals surface area contributed by atoms with Crippen molar-refractivity contribution in [1.82, 2.24) is 19.2 Å². The van der Waals surface area contributed by atoms with Crippen LogP contribution in [0.15, 0.2) is 29.8 Å². The number of pyridine rings is 1. The van der Waals surface area contributed by atoms with Crippen LogP contribution in [0.2, 0.25) is 0 Å².